The van der Waals surface area contributed by atoms with Gasteiger partial charge in [-0.15, -0.1) is 0 Å². The molecule has 0 fully saturated rings. The Morgan fingerprint density at radius 1 is 1.38 bits per heavy atom. The number of carbonyl (C=O) groups is 2. The average Bonchev–Trinajstić information content (AvgIpc) is 2.28. The lowest BCUT2D eigenvalue weighted by atomic mass is 10.0. The molecule has 1 rings (SSSR count). The summed E-state index contributed by atoms with van der Waals surface area (Å²) >= 11 is 0. The van der Waals surface area contributed by atoms with Gasteiger partial charge in [0.2, 0.25) is 0 Å². The van der Waals surface area contributed by atoms with Crippen LogP contribution >= 0.6 is 0 Å². The average molecular weight is 225 g/mol. The highest BCUT2D eigenvalue weighted by molar-refractivity contribution is 6.01. The molecule has 0 saturated heterocycles. The molecule has 1 aromatic carbocycles. The molecule has 0 aromatic heterocycles. The Kier molecular flexibility index (Phi) is 4.13. The first-order chi connectivity index (χ1) is 7.54. The highest BCUT2D eigenvalue weighted by Gasteiger charge is 2.19. The van der Waals surface area contributed by atoms with Crippen molar-refractivity contribution in [3.8, 4) is 0 Å². The molecule has 0 spiro atoms. The van der Waals surface area contributed by atoms with E-state index >= 15 is 0 Å². The number of esters is 1. The van der Waals surface area contributed by atoms with Crippen LogP contribution in [0.5, 0.6) is 0 Å². The smallest absolute Gasteiger partial charge is 0.307 e. The van der Waals surface area contributed by atoms with Crippen LogP contribution in [0.15, 0.2) is 24.3 Å². The number of hydrogen-bond donors (Lipinski definition) is 1. The van der Waals surface area contributed by atoms with Gasteiger partial charge in [0.05, 0.1) is 19.6 Å². The quantitative estimate of drug-likeness (QED) is 0.610. The fourth-order valence-corrected chi connectivity index (χ4v) is 1.18. The van der Waals surface area contributed by atoms with Crippen molar-refractivity contribution in [3.63, 3.8) is 0 Å². The van der Waals surface area contributed by atoms with Gasteiger partial charge in [0.1, 0.15) is 5.82 Å². The maximum atomic E-state index is 12.6. The van der Waals surface area contributed by atoms with Crippen molar-refractivity contribution in [2.24, 2.45) is 5.73 Å². The summed E-state index contributed by atoms with van der Waals surface area (Å²) < 4.78 is 17.0. The van der Waals surface area contributed by atoms with Gasteiger partial charge in [-0.1, -0.05) is 0 Å². The number of carbonyl (C=O) groups excluding carboxylic acids is 2. The Hall–Kier alpha value is -1.75. The third-order valence-corrected chi connectivity index (χ3v) is 2.08. The number of methoxy groups -OCH3 is 1. The number of ether oxygens (including phenoxy) is 1. The molecule has 16 heavy (non-hydrogen) atoms. The minimum absolute atomic E-state index is 0.188. The predicted molar refractivity (Wildman–Crippen MR) is 55.3 cm³/mol. The summed E-state index contributed by atoms with van der Waals surface area (Å²) in [5, 5.41) is 0. The van der Waals surface area contributed by atoms with Crippen LogP contribution in [-0.4, -0.2) is 24.9 Å². The molecule has 1 aromatic rings. The summed E-state index contributed by atoms with van der Waals surface area (Å²) in [6.45, 7) is 0. The zero-order valence-electron chi connectivity index (χ0n) is 8.77. The number of benzene rings is 1. The number of rotatable bonds is 4. The second-order valence-electron chi connectivity index (χ2n) is 3.26. The number of nitrogens with two attached hydrogens (primary N) is 1. The van der Waals surface area contributed by atoms with E-state index in [1.54, 1.807) is 0 Å². The Bertz CT molecular complexity index is 389. The minimum atomic E-state index is -0.960. The third kappa shape index (κ3) is 3.13. The molecule has 0 aliphatic carbocycles. The standard InChI is InChI=1S/C11H12FNO3/c1-16-10(14)6-9(13)11(15)7-2-4-8(12)5-3-7/h2-5,9H,6,13H2,1H3. The fraction of sp³-hybridized carbons (Fsp3) is 0.273. The molecule has 2 N–H and O–H groups in total. The first-order valence-electron chi connectivity index (χ1n) is 4.66. The highest BCUT2D eigenvalue weighted by Crippen LogP contribution is 2.07. The zero-order chi connectivity index (χ0) is 12.1. The van der Waals surface area contributed by atoms with Crippen molar-refractivity contribution in [1.82, 2.24) is 0 Å². The van der Waals surface area contributed by atoms with Gasteiger partial charge in [0, 0.05) is 5.56 Å². The molecule has 5 heteroatoms. The van der Waals surface area contributed by atoms with Gasteiger partial charge in [-0.3, -0.25) is 9.59 Å². The van der Waals surface area contributed by atoms with E-state index in [0.29, 0.717) is 0 Å². The van der Waals surface area contributed by atoms with Gasteiger partial charge >= 0.3 is 5.97 Å². The summed E-state index contributed by atoms with van der Waals surface area (Å²) in [4.78, 5) is 22.5. The van der Waals surface area contributed by atoms with Crippen molar-refractivity contribution in [1.29, 1.82) is 0 Å². The van der Waals surface area contributed by atoms with E-state index in [1.165, 1.54) is 19.2 Å². The molecule has 1 unspecified atom stereocenters. The zero-order valence-corrected chi connectivity index (χ0v) is 8.77. The molecular formula is C11H12FNO3. The summed E-state index contributed by atoms with van der Waals surface area (Å²) in [6, 6.07) is 4.03. The van der Waals surface area contributed by atoms with Crippen molar-refractivity contribution >= 4 is 11.8 Å². The van der Waals surface area contributed by atoms with E-state index in [2.05, 4.69) is 4.74 Å². The van der Waals surface area contributed by atoms with Crippen molar-refractivity contribution in [2.75, 3.05) is 7.11 Å². The lowest BCUT2D eigenvalue weighted by Crippen LogP contribution is -2.33. The first-order valence-corrected chi connectivity index (χ1v) is 4.66. The molecule has 1 atom stereocenters. The van der Waals surface area contributed by atoms with Crippen LogP contribution in [0.1, 0.15) is 16.8 Å². The van der Waals surface area contributed by atoms with E-state index in [1.807, 2.05) is 0 Å². The molecular weight excluding hydrogens is 213 g/mol. The first kappa shape index (κ1) is 12.3. The lowest BCUT2D eigenvalue weighted by Gasteiger charge is -2.08. The van der Waals surface area contributed by atoms with Crippen molar-refractivity contribution in [3.05, 3.63) is 35.6 Å². The van der Waals surface area contributed by atoms with Gasteiger partial charge in [-0.05, 0) is 24.3 Å². The van der Waals surface area contributed by atoms with Crippen molar-refractivity contribution < 1.29 is 18.7 Å². The fourth-order valence-electron chi connectivity index (χ4n) is 1.18. The van der Waals surface area contributed by atoms with Gasteiger partial charge in [0.15, 0.2) is 5.78 Å². The molecule has 0 heterocycles. The molecule has 0 radical (unpaired) electrons. The van der Waals surface area contributed by atoms with Crippen LogP contribution in [0.25, 0.3) is 0 Å². The second kappa shape index (κ2) is 5.37. The maximum absolute atomic E-state index is 12.6. The number of hydrogen-bond acceptors (Lipinski definition) is 4. The molecule has 0 aliphatic heterocycles. The van der Waals surface area contributed by atoms with E-state index in [0.717, 1.165) is 12.1 Å². The number of halogens is 1. The predicted octanol–water partition coefficient (Wildman–Crippen LogP) is 0.899. The SMILES string of the molecule is COC(=O)CC(N)C(=O)c1ccc(F)cc1. The Balaban J connectivity index is 2.70. The normalized spacial score (nSPS) is 11.9. The van der Waals surface area contributed by atoms with Crippen molar-refractivity contribution in [2.45, 2.75) is 12.5 Å². The Morgan fingerprint density at radius 3 is 2.44 bits per heavy atom. The summed E-state index contributed by atoms with van der Waals surface area (Å²) in [5.74, 6) is -1.40. The van der Waals surface area contributed by atoms with Crippen LogP contribution in [0.3, 0.4) is 0 Å². The molecule has 0 amide bonds. The van der Waals surface area contributed by atoms with Gasteiger partial charge < -0.3 is 10.5 Å². The van der Waals surface area contributed by atoms with E-state index in [-0.39, 0.29) is 12.0 Å². The van der Waals surface area contributed by atoms with Gasteiger partial charge in [-0.2, -0.15) is 0 Å². The van der Waals surface area contributed by atoms with Crippen LogP contribution < -0.4 is 5.73 Å². The van der Waals surface area contributed by atoms with Crippen LogP contribution in [-0.2, 0) is 9.53 Å². The number of ketones is 1. The Labute approximate surface area is 92.2 Å². The monoisotopic (exact) mass is 225 g/mol. The third-order valence-electron chi connectivity index (χ3n) is 2.08. The highest BCUT2D eigenvalue weighted by atomic mass is 19.1. The van der Waals surface area contributed by atoms with Crippen LogP contribution in [0.2, 0.25) is 0 Å². The topological polar surface area (TPSA) is 69.4 Å². The van der Waals surface area contributed by atoms with Gasteiger partial charge in [0.25, 0.3) is 0 Å². The number of Topliss-reactive ketones (excluding diaryl/α,β-unsaturated/α-hetero) is 1. The molecule has 4 nitrogen and oxygen atoms in total. The van der Waals surface area contributed by atoms with E-state index < -0.39 is 23.6 Å². The summed E-state index contributed by atoms with van der Waals surface area (Å²) in [6.07, 6.45) is -0.188. The second-order valence-corrected chi connectivity index (χ2v) is 3.26. The maximum Gasteiger partial charge on any atom is 0.307 e. The summed E-state index contributed by atoms with van der Waals surface area (Å²) in [5.41, 5.74) is 5.80. The van der Waals surface area contributed by atoms with Gasteiger partial charge in [-0.25, -0.2) is 4.39 Å². The molecule has 0 aliphatic rings. The minimum Gasteiger partial charge on any atom is -0.469 e. The lowest BCUT2D eigenvalue weighted by molar-refractivity contribution is -0.140. The van der Waals surface area contributed by atoms with E-state index in [9.17, 15) is 14.0 Å². The van der Waals surface area contributed by atoms with Crippen LogP contribution in [0.4, 0.5) is 4.39 Å². The molecule has 0 bridgehead atoms. The summed E-state index contributed by atoms with van der Waals surface area (Å²) in [7, 11) is 1.22. The largest absolute Gasteiger partial charge is 0.469 e. The molecule has 0 saturated carbocycles. The molecule has 86 valence electrons. The van der Waals surface area contributed by atoms with Crippen LogP contribution in [0, 0.1) is 5.82 Å². The van der Waals surface area contributed by atoms with E-state index in [4.69, 9.17) is 5.73 Å². The Morgan fingerprint density at radius 2 is 1.94 bits per heavy atom.